The van der Waals surface area contributed by atoms with Crippen LogP contribution in [0.5, 0.6) is 0 Å². The molecule has 0 atom stereocenters. The van der Waals surface area contributed by atoms with Crippen molar-refractivity contribution in [1.29, 1.82) is 0 Å². The van der Waals surface area contributed by atoms with Gasteiger partial charge >= 0.3 is 6.03 Å². The van der Waals surface area contributed by atoms with E-state index in [9.17, 15) is 4.79 Å². The van der Waals surface area contributed by atoms with Gasteiger partial charge in [0.05, 0.1) is 12.1 Å². The van der Waals surface area contributed by atoms with Gasteiger partial charge in [-0.2, -0.15) is 0 Å². The number of hydrogen-bond donors (Lipinski definition) is 3. The first-order valence-electron chi connectivity index (χ1n) is 5.53. The fraction of sp³-hybridized carbons (Fsp3) is 0.700. The van der Waals surface area contributed by atoms with Crippen LogP contribution in [0.3, 0.4) is 0 Å². The standard InChI is InChI=1S/C10H16N4O2S/c1-10(2,5-15)12-8(16)11-9-14-13-7(17-9)6-3-4-6/h6,15H,3-5H2,1-2H3,(H2,11,12,14,16). The van der Waals surface area contributed by atoms with Gasteiger partial charge in [0.25, 0.3) is 0 Å². The third-order valence-corrected chi connectivity index (χ3v) is 3.44. The Balaban J connectivity index is 1.88. The second-order valence-electron chi connectivity index (χ2n) is 4.84. The van der Waals surface area contributed by atoms with Gasteiger partial charge in [-0.1, -0.05) is 11.3 Å². The minimum absolute atomic E-state index is 0.121. The number of urea groups is 1. The minimum Gasteiger partial charge on any atom is -0.394 e. The van der Waals surface area contributed by atoms with Crippen molar-refractivity contribution in [3.05, 3.63) is 5.01 Å². The summed E-state index contributed by atoms with van der Waals surface area (Å²) >= 11 is 1.41. The predicted molar refractivity (Wildman–Crippen MR) is 65.2 cm³/mol. The van der Waals surface area contributed by atoms with Gasteiger partial charge in [0.1, 0.15) is 5.01 Å². The number of amides is 2. The number of anilines is 1. The number of aromatic nitrogens is 2. The molecule has 0 saturated heterocycles. The van der Waals surface area contributed by atoms with E-state index in [4.69, 9.17) is 5.11 Å². The molecule has 94 valence electrons. The van der Waals surface area contributed by atoms with Crippen molar-refractivity contribution >= 4 is 22.5 Å². The minimum atomic E-state index is -0.645. The summed E-state index contributed by atoms with van der Waals surface area (Å²) in [6.45, 7) is 3.36. The Morgan fingerprint density at radius 3 is 2.82 bits per heavy atom. The van der Waals surface area contributed by atoms with Crippen molar-refractivity contribution in [2.75, 3.05) is 11.9 Å². The van der Waals surface area contributed by atoms with Crippen LogP contribution in [-0.4, -0.2) is 33.5 Å². The number of nitrogens with one attached hydrogen (secondary N) is 2. The molecule has 1 aromatic heterocycles. The second kappa shape index (κ2) is 4.58. The predicted octanol–water partition coefficient (Wildman–Crippen LogP) is 1.31. The highest BCUT2D eigenvalue weighted by atomic mass is 32.1. The molecule has 1 aliphatic carbocycles. The molecule has 2 amide bonds. The maximum Gasteiger partial charge on any atom is 0.321 e. The number of carbonyl (C=O) groups excluding carboxylic acids is 1. The molecule has 3 N–H and O–H groups in total. The fourth-order valence-corrected chi connectivity index (χ4v) is 2.16. The first-order chi connectivity index (χ1) is 8.00. The molecular weight excluding hydrogens is 240 g/mol. The highest BCUT2D eigenvalue weighted by Crippen LogP contribution is 2.41. The Kier molecular flexibility index (Phi) is 3.30. The van der Waals surface area contributed by atoms with E-state index in [2.05, 4.69) is 20.8 Å². The van der Waals surface area contributed by atoms with Crippen LogP contribution in [0.4, 0.5) is 9.93 Å². The quantitative estimate of drug-likeness (QED) is 0.758. The number of rotatable bonds is 4. The number of hydrogen-bond acceptors (Lipinski definition) is 5. The second-order valence-corrected chi connectivity index (χ2v) is 5.85. The monoisotopic (exact) mass is 256 g/mol. The van der Waals surface area contributed by atoms with Crippen LogP contribution in [-0.2, 0) is 0 Å². The summed E-state index contributed by atoms with van der Waals surface area (Å²) in [5.74, 6) is 0.542. The molecule has 0 bridgehead atoms. The molecule has 1 heterocycles. The summed E-state index contributed by atoms with van der Waals surface area (Å²) in [5, 5.41) is 23.7. The smallest absolute Gasteiger partial charge is 0.321 e. The Labute approximate surface area is 103 Å². The van der Waals surface area contributed by atoms with Crippen molar-refractivity contribution < 1.29 is 9.90 Å². The zero-order valence-electron chi connectivity index (χ0n) is 9.86. The maximum absolute atomic E-state index is 11.6. The van der Waals surface area contributed by atoms with Crippen LogP contribution in [0.2, 0.25) is 0 Å². The van der Waals surface area contributed by atoms with Crippen LogP contribution < -0.4 is 10.6 Å². The SMILES string of the molecule is CC(C)(CO)NC(=O)Nc1nnc(C2CC2)s1. The van der Waals surface area contributed by atoms with E-state index in [1.165, 1.54) is 24.2 Å². The van der Waals surface area contributed by atoms with Crippen molar-refractivity contribution in [1.82, 2.24) is 15.5 Å². The van der Waals surface area contributed by atoms with E-state index in [-0.39, 0.29) is 12.6 Å². The molecule has 6 nitrogen and oxygen atoms in total. The van der Waals surface area contributed by atoms with E-state index >= 15 is 0 Å². The van der Waals surface area contributed by atoms with Gasteiger partial charge in [-0.05, 0) is 26.7 Å². The van der Waals surface area contributed by atoms with Crippen LogP contribution in [0, 0.1) is 0 Å². The molecule has 2 rings (SSSR count). The van der Waals surface area contributed by atoms with E-state index in [0.717, 1.165) is 5.01 Å². The van der Waals surface area contributed by atoms with Gasteiger partial charge in [0.15, 0.2) is 0 Å². The molecule has 0 radical (unpaired) electrons. The third kappa shape index (κ3) is 3.37. The molecule has 1 aromatic rings. The van der Waals surface area contributed by atoms with Crippen LogP contribution in [0.1, 0.15) is 37.6 Å². The molecule has 1 aliphatic rings. The lowest BCUT2D eigenvalue weighted by Crippen LogP contribution is -2.48. The summed E-state index contributed by atoms with van der Waals surface area (Å²) in [7, 11) is 0. The largest absolute Gasteiger partial charge is 0.394 e. The lowest BCUT2D eigenvalue weighted by Gasteiger charge is -2.22. The molecule has 1 fully saturated rings. The number of nitrogens with zero attached hydrogens (tertiary/aromatic N) is 2. The molecule has 7 heteroatoms. The molecule has 17 heavy (non-hydrogen) atoms. The average Bonchev–Trinajstić information content (AvgIpc) is 3.00. The summed E-state index contributed by atoms with van der Waals surface area (Å²) in [6, 6.07) is -0.373. The van der Waals surface area contributed by atoms with Crippen molar-refractivity contribution in [2.24, 2.45) is 0 Å². The Morgan fingerprint density at radius 1 is 1.53 bits per heavy atom. The fourth-order valence-electron chi connectivity index (χ4n) is 1.26. The molecule has 0 unspecified atom stereocenters. The summed E-state index contributed by atoms with van der Waals surface area (Å²) in [6.07, 6.45) is 2.33. The summed E-state index contributed by atoms with van der Waals surface area (Å²) < 4.78 is 0. The summed E-state index contributed by atoms with van der Waals surface area (Å²) in [5.41, 5.74) is -0.645. The molecule has 1 saturated carbocycles. The first-order valence-corrected chi connectivity index (χ1v) is 6.35. The molecular formula is C10H16N4O2S. The lowest BCUT2D eigenvalue weighted by molar-refractivity contribution is 0.187. The first kappa shape index (κ1) is 12.3. The zero-order valence-corrected chi connectivity index (χ0v) is 10.7. The van der Waals surface area contributed by atoms with Crippen LogP contribution in [0.25, 0.3) is 0 Å². The van der Waals surface area contributed by atoms with Gasteiger partial charge in [-0.25, -0.2) is 4.79 Å². The normalized spacial score (nSPS) is 15.7. The maximum atomic E-state index is 11.6. The van der Waals surface area contributed by atoms with Crippen LogP contribution >= 0.6 is 11.3 Å². The van der Waals surface area contributed by atoms with Gasteiger partial charge < -0.3 is 10.4 Å². The van der Waals surface area contributed by atoms with Crippen molar-refractivity contribution in [3.8, 4) is 0 Å². The van der Waals surface area contributed by atoms with Gasteiger partial charge in [0.2, 0.25) is 5.13 Å². The van der Waals surface area contributed by atoms with E-state index in [0.29, 0.717) is 11.0 Å². The Bertz CT molecular complexity index is 414. The highest BCUT2D eigenvalue weighted by Gasteiger charge is 2.28. The summed E-state index contributed by atoms with van der Waals surface area (Å²) in [4.78, 5) is 11.6. The number of aliphatic hydroxyl groups is 1. The molecule has 0 spiro atoms. The third-order valence-electron chi connectivity index (χ3n) is 2.43. The van der Waals surface area contributed by atoms with Gasteiger partial charge in [0, 0.05) is 5.92 Å². The molecule has 0 aromatic carbocycles. The Hall–Kier alpha value is -1.21. The Morgan fingerprint density at radius 2 is 2.24 bits per heavy atom. The molecule has 0 aliphatic heterocycles. The van der Waals surface area contributed by atoms with Gasteiger partial charge in [-0.15, -0.1) is 10.2 Å². The zero-order chi connectivity index (χ0) is 12.5. The average molecular weight is 256 g/mol. The van der Waals surface area contributed by atoms with Crippen molar-refractivity contribution in [3.63, 3.8) is 0 Å². The number of carbonyl (C=O) groups is 1. The van der Waals surface area contributed by atoms with Gasteiger partial charge in [-0.3, -0.25) is 5.32 Å². The topological polar surface area (TPSA) is 87.1 Å². The van der Waals surface area contributed by atoms with E-state index in [1.54, 1.807) is 13.8 Å². The van der Waals surface area contributed by atoms with E-state index < -0.39 is 5.54 Å². The lowest BCUT2D eigenvalue weighted by atomic mass is 10.1. The van der Waals surface area contributed by atoms with Crippen LogP contribution in [0.15, 0.2) is 0 Å². The number of aliphatic hydroxyl groups excluding tert-OH is 1. The van der Waals surface area contributed by atoms with E-state index in [1.807, 2.05) is 0 Å². The highest BCUT2D eigenvalue weighted by molar-refractivity contribution is 7.15. The van der Waals surface area contributed by atoms with Crippen molar-refractivity contribution in [2.45, 2.75) is 38.1 Å².